The number of anilines is 1. The molecule has 1 amide bonds. The minimum absolute atomic E-state index is 0.160. The number of halogens is 1. The molecule has 36 heavy (non-hydrogen) atoms. The van der Waals surface area contributed by atoms with Gasteiger partial charge in [0.25, 0.3) is 0 Å². The molecule has 3 aliphatic rings. The van der Waals surface area contributed by atoms with Crippen LogP contribution in [-0.4, -0.2) is 39.4 Å². The van der Waals surface area contributed by atoms with Crippen LogP contribution in [0.3, 0.4) is 0 Å². The van der Waals surface area contributed by atoms with Crippen molar-refractivity contribution in [3.63, 3.8) is 0 Å². The molecule has 6 rings (SSSR count). The fourth-order valence-electron chi connectivity index (χ4n) is 6.19. The highest BCUT2D eigenvalue weighted by Gasteiger charge is 2.70. The Kier molecular flexibility index (Phi) is 5.14. The van der Waals surface area contributed by atoms with Gasteiger partial charge in [0.05, 0.1) is 5.92 Å². The first-order valence-corrected chi connectivity index (χ1v) is 12.8. The third kappa shape index (κ3) is 3.05. The molecular formula is C27H23FN2O5S. The van der Waals surface area contributed by atoms with Gasteiger partial charge in [-0.1, -0.05) is 29.8 Å². The van der Waals surface area contributed by atoms with Gasteiger partial charge in [0.1, 0.15) is 28.4 Å². The Labute approximate surface area is 210 Å². The third-order valence-electron chi connectivity index (χ3n) is 7.63. The van der Waals surface area contributed by atoms with Crippen molar-refractivity contribution >= 4 is 29.1 Å². The first kappa shape index (κ1) is 23.0. The molecule has 2 saturated heterocycles. The summed E-state index contributed by atoms with van der Waals surface area (Å²) >= 11 is 1.64. The van der Waals surface area contributed by atoms with Gasteiger partial charge in [0.2, 0.25) is 5.91 Å². The highest BCUT2D eigenvalue weighted by Crippen LogP contribution is 2.61. The van der Waals surface area contributed by atoms with E-state index in [4.69, 9.17) is 4.42 Å². The van der Waals surface area contributed by atoms with Crippen molar-refractivity contribution in [2.45, 2.75) is 31.3 Å². The number of amides is 1. The number of nitrogens with zero attached hydrogens (tertiary/aromatic N) is 1. The Morgan fingerprint density at radius 1 is 1.17 bits per heavy atom. The molecule has 2 N–H and O–H groups in total. The summed E-state index contributed by atoms with van der Waals surface area (Å²) in [5, 5.41) is 13.5. The van der Waals surface area contributed by atoms with Gasteiger partial charge in [-0.2, -0.15) is 0 Å². The number of ketones is 1. The Bertz CT molecular complexity index is 1490. The number of thioether (sulfide) groups is 1. The van der Waals surface area contributed by atoms with Crippen LogP contribution in [0.5, 0.6) is 5.75 Å². The second kappa shape index (κ2) is 8.04. The Morgan fingerprint density at radius 3 is 2.64 bits per heavy atom. The van der Waals surface area contributed by atoms with Crippen LogP contribution in [0.15, 0.2) is 57.7 Å². The van der Waals surface area contributed by atoms with E-state index in [2.05, 4.69) is 5.32 Å². The second-order valence-corrected chi connectivity index (χ2v) is 10.6. The van der Waals surface area contributed by atoms with Gasteiger partial charge < -0.3 is 14.8 Å². The van der Waals surface area contributed by atoms with E-state index in [1.165, 1.54) is 31.2 Å². The summed E-state index contributed by atoms with van der Waals surface area (Å²) in [5.74, 6) is -2.50. The second-order valence-electron chi connectivity index (χ2n) is 9.63. The number of hydrogen-bond donors (Lipinski definition) is 2. The van der Waals surface area contributed by atoms with E-state index in [0.717, 1.165) is 11.1 Å². The van der Waals surface area contributed by atoms with Gasteiger partial charge in [-0.15, -0.1) is 11.8 Å². The highest BCUT2D eigenvalue weighted by molar-refractivity contribution is 7.99. The zero-order valence-electron chi connectivity index (χ0n) is 19.6. The molecule has 2 fully saturated rings. The lowest BCUT2D eigenvalue weighted by Gasteiger charge is -2.36. The minimum Gasteiger partial charge on any atom is -0.507 e. The lowest BCUT2D eigenvalue weighted by molar-refractivity contribution is -0.127. The number of hydrogen-bond acceptors (Lipinski definition) is 7. The van der Waals surface area contributed by atoms with Gasteiger partial charge in [-0.05, 0) is 37.6 Å². The largest absolute Gasteiger partial charge is 0.507 e. The molecule has 1 spiro atoms. The van der Waals surface area contributed by atoms with Crippen LogP contribution >= 0.6 is 11.8 Å². The molecule has 2 aromatic carbocycles. The molecule has 0 bridgehead atoms. The van der Waals surface area contributed by atoms with Crippen LogP contribution in [0.2, 0.25) is 0 Å². The van der Waals surface area contributed by atoms with Gasteiger partial charge in [0.15, 0.2) is 5.78 Å². The minimum atomic E-state index is -1.55. The van der Waals surface area contributed by atoms with Crippen molar-refractivity contribution in [3.8, 4) is 5.75 Å². The quantitative estimate of drug-likeness (QED) is 0.520. The van der Waals surface area contributed by atoms with Crippen LogP contribution in [0.4, 0.5) is 10.1 Å². The molecule has 7 nitrogen and oxygen atoms in total. The van der Waals surface area contributed by atoms with Gasteiger partial charge in [-0.3, -0.25) is 14.5 Å². The van der Waals surface area contributed by atoms with E-state index in [-0.39, 0.29) is 11.8 Å². The van der Waals surface area contributed by atoms with E-state index in [1.54, 1.807) is 11.8 Å². The van der Waals surface area contributed by atoms with Gasteiger partial charge in [0, 0.05) is 40.9 Å². The molecule has 4 heterocycles. The standard InChI is InChI=1S/C27H23FN2O5S/c1-13-3-5-15(6-4-13)21-19-11-36-12-30(19)27(17-10-16(28)7-8-18(17)29-26(27)34)23(21)24(32)22-20(31)9-14(2)35-25(22)33/h3-10,19,21,23,31H,11-12H2,1-2H3,(H,29,34)/t19?,21-,23-,27+/m1/s1. The van der Waals surface area contributed by atoms with Crippen molar-refractivity contribution in [2.75, 3.05) is 16.9 Å². The molecule has 3 aromatic rings. The van der Waals surface area contributed by atoms with Crippen LogP contribution in [0.1, 0.15) is 38.7 Å². The Balaban J connectivity index is 1.65. The highest BCUT2D eigenvalue weighted by atomic mass is 32.2. The summed E-state index contributed by atoms with van der Waals surface area (Å²) in [6.45, 7) is 3.46. The number of nitrogens with one attached hydrogen (secondary N) is 1. The fourth-order valence-corrected chi connectivity index (χ4v) is 7.51. The van der Waals surface area contributed by atoms with E-state index in [9.17, 15) is 23.9 Å². The fraction of sp³-hybridized carbons (Fsp3) is 0.296. The van der Waals surface area contributed by atoms with E-state index >= 15 is 0 Å². The number of carbonyl (C=O) groups excluding carboxylic acids is 2. The molecule has 0 radical (unpaired) electrons. The number of aryl methyl sites for hydroxylation is 2. The summed E-state index contributed by atoms with van der Waals surface area (Å²) in [5.41, 5.74) is -0.342. The number of fused-ring (bicyclic) bond motifs is 4. The molecular weight excluding hydrogens is 483 g/mol. The number of rotatable bonds is 3. The summed E-state index contributed by atoms with van der Waals surface area (Å²) in [7, 11) is 0. The maximum absolute atomic E-state index is 14.6. The number of benzene rings is 2. The number of aromatic hydroxyl groups is 1. The molecule has 0 aliphatic carbocycles. The Hall–Kier alpha value is -3.43. The summed E-state index contributed by atoms with van der Waals surface area (Å²) in [6.07, 6.45) is 0. The molecule has 9 heteroatoms. The predicted octanol–water partition coefficient (Wildman–Crippen LogP) is 3.92. The summed E-state index contributed by atoms with van der Waals surface area (Å²) in [6, 6.07) is 12.8. The van der Waals surface area contributed by atoms with Crippen molar-refractivity contribution < 1.29 is 23.5 Å². The van der Waals surface area contributed by atoms with E-state index < -0.39 is 51.8 Å². The van der Waals surface area contributed by atoms with Crippen molar-refractivity contribution in [1.29, 1.82) is 0 Å². The first-order valence-electron chi connectivity index (χ1n) is 11.6. The molecule has 1 unspecified atom stereocenters. The van der Waals surface area contributed by atoms with Crippen molar-refractivity contribution in [1.82, 2.24) is 4.90 Å². The van der Waals surface area contributed by atoms with Crippen LogP contribution < -0.4 is 10.9 Å². The SMILES string of the molecule is Cc1ccc([C@@H]2C3CSCN3[C@]3(C(=O)Nc4ccc(F)cc43)[C@H]2C(=O)c2c(O)cc(C)oc2=O)cc1. The first-order chi connectivity index (χ1) is 17.2. The normalized spacial score (nSPS) is 26.8. The lowest BCUT2D eigenvalue weighted by Crippen LogP contribution is -2.53. The van der Waals surface area contributed by atoms with Crippen molar-refractivity contribution in [3.05, 3.63) is 92.8 Å². The predicted molar refractivity (Wildman–Crippen MR) is 133 cm³/mol. The molecule has 3 aliphatic heterocycles. The average molecular weight is 507 g/mol. The Morgan fingerprint density at radius 2 is 1.92 bits per heavy atom. The van der Waals surface area contributed by atoms with Gasteiger partial charge >= 0.3 is 5.63 Å². The monoisotopic (exact) mass is 506 g/mol. The molecule has 184 valence electrons. The maximum Gasteiger partial charge on any atom is 0.350 e. The van der Waals surface area contributed by atoms with Crippen LogP contribution in [0, 0.1) is 25.6 Å². The van der Waals surface area contributed by atoms with Gasteiger partial charge in [-0.25, -0.2) is 9.18 Å². The zero-order valence-corrected chi connectivity index (χ0v) is 20.4. The number of carbonyl (C=O) groups is 2. The average Bonchev–Trinajstić information content (AvgIpc) is 3.47. The van der Waals surface area contributed by atoms with E-state index in [1.807, 2.05) is 36.1 Å². The topological polar surface area (TPSA) is 99.8 Å². The van der Waals surface area contributed by atoms with Crippen LogP contribution in [0.25, 0.3) is 0 Å². The summed E-state index contributed by atoms with van der Waals surface area (Å²) < 4.78 is 19.8. The molecule has 0 saturated carbocycles. The third-order valence-corrected chi connectivity index (χ3v) is 8.67. The molecule has 1 aromatic heterocycles. The number of Topliss-reactive ketones (excluding diaryl/α,β-unsaturated/α-hetero) is 1. The summed E-state index contributed by atoms with van der Waals surface area (Å²) in [4.78, 5) is 43.1. The molecule has 4 atom stereocenters. The zero-order chi connectivity index (χ0) is 25.4. The van der Waals surface area contributed by atoms with Crippen LogP contribution in [-0.2, 0) is 10.3 Å². The smallest absolute Gasteiger partial charge is 0.350 e. The van der Waals surface area contributed by atoms with E-state index in [0.29, 0.717) is 22.9 Å². The lowest BCUT2D eigenvalue weighted by atomic mass is 9.69. The maximum atomic E-state index is 14.6. The van der Waals surface area contributed by atoms with Crippen molar-refractivity contribution in [2.24, 2.45) is 5.92 Å².